The van der Waals surface area contributed by atoms with Crippen LogP contribution < -0.4 is 0 Å². The molecule has 1 saturated heterocycles. The Hall–Kier alpha value is -1.88. The Bertz CT molecular complexity index is 735. The quantitative estimate of drug-likeness (QED) is 0.745. The maximum absolute atomic E-state index is 12.9. The van der Waals surface area contributed by atoms with Gasteiger partial charge in [-0.25, -0.2) is 0 Å². The molecule has 2 aliphatic heterocycles. The Morgan fingerprint density at radius 3 is 2.41 bits per heavy atom. The summed E-state index contributed by atoms with van der Waals surface area (Å²) in [6.07, 6.45) is 3.43. The van der Waals surface area contributed by atoms with E-state index < -0.39 is 0 Å². The van der Waals surface area contributed by atoms with Gasteiger partial charge in [0.25, 0.3) is 0 Å². The first kappa shape index (κ1) is 19.9. The van der Waals surface area contributed by atoms with Gasteiger partial charge in [0, 0.05) is 25.8 Å². The third kappa shape index (κ3) is 3.88. The Balaban J connectivity index is 1.98. The van der Waals surface area contributed by atoms with Crippen molar-refractivity contribution >= 4 is 11.9 Å². The second-order valence-corrected chi connectivity index (χ2v) is 7.54. The van der Waals surface area contributed by atoms with E-state index in [4.69, 9.17) is 9.47 Å². The van der Waals surface area contributed by atoms with E-state index in [0.717, 1.165) is 49.2 Å². The van der Waals surface area contributed by atoms with E-state index in [9.17, 15) is 9.59 Å². The lowest BCUT2D eigenvalue weighted by molar-refractivity contribution is -0.142. The van der Waals surface area contributed by atoms with E-state index >= 15 is 0 Å². The largest absolute Gasteiger partial charge is 0.466 e. The molecule has 0 aliphatic carbocycles. The molecule has 5 heteroatoms. The van der Waals surface area contributed by atoms with Gasteiger partial charge in [-0.1, -0.05) is 6.92 Å². The SMILES string of the molecule is CCOC(=O)Cc1c(C)c2c(c(C)c1CC)CN(C1CCOCC1)C(=O)C2. The molecule has 1 amide bonds. The van der Waals surface area contributed by atoms with Crippen LogP contribution in [-0.4, -0.2) is 42.6 Å². The molecule has 0 atom stereocenters. The van der Waals surface area contributed by atoms with Crippen molar-refractivity contribution in [2.24, 2.45) is 0 Å². The number of hydrogen-bond acceptors (Lipinski definition) is 4. The Morgan fingerprint density at radius 2 is 1.78 bits per heavy atom. The number of rotatable bonds is 5. The Labute approximate surface area is 162 Å². The second kappa shape index (κ2) is 8.42. The number of hydrogen-bond donors (Lipinski definition) is 0. The number of benzene rings is 1. The van der Waals surface area contributed by atoms with Crippen molar-refractivity contribution < 1.29 is 19.1 Å². The maximum Gasteiger partial charge on any atom is 0.310 e. The molecule has 2 aliphatic rings. The number of carbonyl (C=O) groups is 2. The van der Waals surface area contributed by atoms with E-state index in [1.807, 2.05) is 6.92 Å². The van der Waals surface area contributed by atoms with Crippen LogP contribution in [0.1, 0.15) is 60.1 Å². The summed E-state index contributed by atoms with van der Waals surface area (Å²) in [7, 11) is 0. The zero-order valence-electron chi connectivity index (χ0n) is 17.0. The minimum Gasteiger partial charge on any atom is -0.466 e. The highest BCUT2D eigenvalue weighted by Crippen LogP contribution is 2.34. The molecular formula is C22H31NO4. The Kier molecular flexibility index (Phi) is 6.20. The average Bonchev–Trinajstić information content (AvgIpc) is 2.67. The van der Waals surface area contributed by atoms with E-state index in [-0.39, 0.29) is 24.3 Å². The predicted molar refractivity (Wildman–Crippen MR) is 104 cm³/mol. The summed E-state index contributed by atoms with van der Waals surface area (Å²) in [6, 6.07) is 0.281. The number of nitrogens with zero attached hydrogens (tertiary/aromatic N) is 1. The molecule has 0 saturated carbocycles. The Morgan fingerprint density at radius 1 is 1.11 bits per heavy atom. The third-order valence-electron chi connectivity index (χ3n) is 6.13. The van der Waals surface area contributed by atoms with Gasteiger partial charge >= 0.3 is 5.97 Å². The standard InChI is InChI=1S/C22H31NO4/c1-5-17-14(3)20-13-23(16-7-9-26-10-8-16)21(24)11-18(20)15(4)19(17)12-22(25)27-6-2/h16H,5-13H2,1-4H3. The van der Waals surface area contributed by atoms with Gasteiger partial charge in [-0.05, 0) is 73.4 Å². The highest BCUT2D eigenvalue weighted by molar-refractivity contribution is 5.83. The monoisotopic (exact) mass is 373 g/mol. The third-order valence-corrected chi connectivity index (χ3v) is 6.13. The first-order valence-corrected chi connectivity index (χ1v) is 10.1. The van der Waals surface area contributed by atoms with E-state index in [2.05, 4.69) is 25.7 Å². The molecule has 27 heavy (non-hydrogen) atoms. The van der Waals surface area contributed by atoms with Crippen molar-refractivity contribution in [1.82, 2.24) is 4.90 Å². The summed E-state index contributed by atoms with van der Waals surface area (Å²) < 4.78 is 10.6. The van der Waals surface area contributed by atoms with Crippen molar-refractivity contribution in [1.29, 1.82) is 0 Å². The number of esters is 1. The number of amides is 1. The molecule has 0 radical (unpaired) electrons. The van der Waals surface area contributed by atoms with Gasteiger partial charge in [0.1, 0.15) is 0 Å². The van der Waals surface area contributed by atoms with Crippen LogP contribution in [0.15, 0.2) is 0 Å². The molecule has 2 heterocycles. The fourth-order valence-corrected chi connectivity index (χ4v) is 4.64. The van der Waals surface area contributed by atoms with Gasteiger partial charge in [0.2, 0.25) is 5.91 Å². The van der Waals surface area contributed by atoms with Crippen LogP contribution in [0, 0.1) is 13.8 Å². The lowest BCUT2D eigenvalue weighted by Crippen LogP contribution is -2.46. The van der Waals surface area contributed by atoms with Gasteiger partial charge in [0.05, 0.1) is 19.4 Å². The van der Waals surface area contributed by atoms with Gasteiger partial charge in [0.15, 0.2) is 0 Å². The van der Waals surface area contributed by atoms with Crippen molar-refractivity contribution in [2.75, 3.05) is 19.8 Å². The van der Waals surface area contributed by atoms with E-state index in [0.29, 0.717) is 19.6 Å². The molecule has 0 unspecified atom stereocenters. The van der Waals surface area contributed by atoms with Crippen LogP contribution in [0.4, 0.5) is 0 Å². The zero-order chi connectivity index (χ0) is 19.6. The smallest absolute Gasteiger partial charge is 0.310 e. The molecule has 148 valence electrons. The van der Waals surface area contributed by atoms with Gasteiger partial charge in [-0.2, -0.15) is 0 Å². The van der Waals surface area contributed by atoms with Crippen molar-refractivity contribution in [3.63, 3.8) is 0 Å². The second-order valence-electron chi connectivity index (χ2n) is 7.54. The summed E-state index contributed by atoms with van der Waals surface area (Å²) in [5.74, 6) is 0.00357. The minimum absolute atomic E-state index is 0.194. The van der Waals surface area contributed by atoms with E-state index in [1.54, 1.807) is 0 Å². The summed E-state index contributed by atoms with van der Waals surface area (Å²) in [6.45, 7) is 10.7. The molecule has 0 N–H and O–H groups in total. The molecule has 5 nitrogen and oxygen atoms in total. The first-order valence-electron chi connectivity index (χ1n) is 10.1. The molecule has 1 fully saturated rings. The normalized spacial score (nSPS) is 17.8. The van der Waals surface area contributed by atoms with Crippen LogP contribution in [0.3, 0.4) is 0 Å². The van der Waals surface area contributed by atoms with Gasteiger partial charge in [-0.3, -0.25) is 9.59 Å². The summed E-state index contributed by atoms with van der Waals surface area (Å²) >= 11 is 0. The van der Waals surface area contributed by atoms with Crippen molar-refractivity contribution in [3.8, 4) is 0 Å². The molecule has 1 aromatic carbocycles. The lowest BCUT2D eigenvalue weighted by Gasteiger charge is -2.39. The highest BCUT2D eigenvalue weighted by Gasteiger charge is 2.33. The molecule has 0 bridgehead atoms. The summed E-state index contributed by atoms with van der Waals surface area (Å²) in [5, 5.41) is 0. The number of carbonyl (C=O) groups excluding carboxylic acids is 2. The van der Waals surface area contributed by atoms with Crippen LogP contribution in [-0.2, 0) is 44.9 Å². The zero-order valence-corrected chi connectivity index (χ0v) is 17.0. The topological polar surface area (TPSA) is 55.8 Å². The maximum atomic E-state index is 12.9. The van der Waals surface area contributed by atoms with Crippen LogP contribution in [0.5, 0.6) is 0 Å². The van der Waals surface area contributed by atoms with E-state index in [1.165, 1.54) is 16.7 Å². The fourth-order valence-electron chi connectivity index (χ4n) is 4.64. The van der Waals surface area contributed by atoms with Crippen molar-refractivity contribution in [3.05, 3.63) is 33.4 Å². The molecular weight excluding hydrogens is 342 g/mol. The molecule has 3 rings (SSSR count). The van der Waals surface area contributed by atoms with Crippen molar-refractivity contribution in [2.45, 2.75) is 72.4 Å². The van der Waals surface area contributed by atoms with Gasteiger partial charge in [-0.15, -0.1) is 0 Å². The fraction of sp³-hybridized carbons (Fsp3) is 0.636. The molecule has 1 aromatic rings. The first-order chi connectivity index (χ1) is 13.0. The van der Waals surface area contributed by atoms with Crippen LogP contribution in [0.2, 0.25) is 0 Å². The lowest BCUT2D eigenvalue weighted by atomic mass is 9.82. The number of fused-ring (bicyclic) bond motifs is 1. The summed E-state index contributed by atoms with van der Waals surface area (Å²) in [4.78, 5) is 27.1. The highest BCUT2D eigenvalue weighted by atomic mass is 16.5. The summed E-state index contributed by atoms with van der Waals surface area (Å²) in [5.41, 5.74) is 7.03. The van der Waals surface area contributed by atoms with Crippen LogP contribution >= 0.6 is 0 Å². The predicted octanol–water partition coefficient (Wildman–Crippen LogP) is 3.04. The molecule has 0 aromatic heterocycles. The van der Waals surface area contributed by atoms with Crippen LogP contribution in [0.25, 0.3) is 0 Å². The van der Waals surface area contributed by atoms with Gasteiger partial charge < -0.3 is 14.4 Å². The minimum atomic E-state index is -0.194. The molecule has 0 spiro atoms. The average molecular weight is 373 g/mol. The number of ether oxygens (including phenoxy) is 2.